The predicted octanol–water partition coefficient (Wildman–Crippen LogP) is 3.26. The molecule has 1 aromatic rings. The number of thioether (sulfide) groups is 1. The molecule has 0 aliphatic rings. The average Bonchev–Trinajstić information content (AvgIpc) is 2.48. The van der Waals surface area contributed by atoms with Gasteiger partial charge in [-0.1, -0.05) is 13.8 Å². The summed E-state index contributed by atoms with van der Waals surface area (Å²) in [5.41, 5.74) is 0.909. The van der Waals surface area contributed by atoms with Gasteiger partial charge in [-0.25, -0.2) is 0 Å². The summed E-state index contributed by atoms with van der Waals surface area (Å²) in [5.74, 6) is -0.220. The molecule has 1 rings (SSSR count). The van der Waals surface area contributed by atoms with Gasteiger partial charge in [0.15, 0.2) is 0 Å². The third-order valence-electron chi connectivity index (χ3n) is 3.14. The number of nitrogens with zero attached hydrogens (tertiary/aromatic N) is 1. The molecule has 1 aromatic heterocycles. The molecule has 0 aliphatic carbocycles. The Morgan fingerprint density at radius 2 is 2.05 bits per heavy atom. The highest BCUT2D eigenvalue weighted by Gasteiger charge is 2.33. The quantitative estimate of drug-likeness (QED) is 0.756. The summed E-state index contributed by atoms with van der Waals surface area (Å²) in [6.07, 6.45) is 4.22. The van der Waals surface area contributed by atoms with E-state index < -0.39 is 4.75 Å². The topological polar surface area (TPSA) is 48.3 Å². The molecule has 0 aromatic carbocycles. The molecule has 0 spiro atoms. The molecule has 0 saturated carbocycles. The molecule has 5 heteroatoms. The van der Waals surface area contributed by atoms with Crippen LogP contribution in [-0.4, -0.2) is 28.1 Å². The van der Waals surface area contributed by atoms with Crippen LogP contribution in [0.15, 0.2) is 23.1 Å². The SMILES string of the molecule is CC.CCOC(=O)C(C)(CCn1ccc(C)cc1=O)SC. The lowest BCUT2D eigenvalue weighted by Gasteiger charge is -2.25. The normalized spacial score (nSPS) is 12.9. The number of aryl methyl sites for hydroxylation is 2. The second-order valence-electron chi connectivity index (χ2n) is 4.64. The first-order valence-corrected chi connectivity index (χ1v) is 8.55. The highest BCUT2D eigenvalue weighted by Crippen LogP contribution is 2.28. The van der Waals surface area contributed by atoms with Gasteiger partial charge in [0.1, 0.15) is 4.75 Å². The van der Waals surface area contributed by atoms with Crippen LogP contribution in [0.2, 0.25) is 0 Å². The van der Waals surface area contributed by atoms with E-state index in [1.807, 2.05) is 40.0 Å². The van der Waals surface area contributed by atoms with Crippen LogP contribution in [-0.2, 0) is 16.1 Å². The van der Waals surface area contributed by atoms with E-state index in [0.29, 0.717) is 19.6 Å². The molecule has 120 valence electrons. The van der Waals surface area contributed by atoms with Crippen molar-refractivity contribution in [3.8, 4) is 0 Å². The summed E-state index contributed by atoms with van der Waals surface area (Å²) < 4.78 is 6.10. The van der Waals surface area contributed by atoms with Gasteiger partial charge < -0.3 is 9.30 Å². The van der Waals surface area contributed by atoms with Crippen LogP contribution in [0.25, 0.3) is 0 Å². The molecule has 0 N–H and O–H groups in total. The van der Waals surface area contributed by atoms with Gasteiger partial charge in [0.2, 0.25) is 0 Å². The first-order chi connectivity index (χ1) is 9.92. The van der Waals surface area contributed by atoms with Crippen molar-refractivity contribution in [2.24, 2.45) is 0 Å². The van der Waals surface area contributed by atoms with E-state index in [9.17, 15) is 9.59 Å². The second-order valence-corrected chi connectivity index (χ2v) is 5.95. The zero-order valence-electron chi connectivity index (χ0n) is 13.9. The summed E-state index contributed by atoms with van der Waals surface area (Å²) >= 11 is 1.46. The number of esters is 1. The Kier molecular flexibility index (Phi) is 9.09. The largest absolute Gasteiger partial charge is 0.465 e. The molecule has 0 amide bonds. The molecule has 1 unspecified atom stereocenters. The van der Waals surface area contributed by atoms with Gasteiger partial charge >= 0.3 is 5.97 Å². The average molecular weight is 313 g/mol. The number of rotatable bonds is 6. The van der Waals surface area contributed by atoms with E-state index in [-0.39, 0.29) is 11.5 Å². The number of aromatic nitrogens is 1. The summed E-state index contributed by atoms with van der Waals surface area (Å²) in [4.78, 5) is 23.7. The van der Waals surface area contributed by atoms with Crippen molar-refractivity contribution in [2.45, 2.75) is 52.3 Å². The van der Waals surface area contributed by atoms with E-state index in [2.05, 4.69) is 0 Å². The van der Waals surface area contributed by atoms with Crippen LogP contribution in [0.4, 0.5) is 0 Å². The Labute approximate surface area is 131 Å². The molecule has 0 aliphatic heterocycles. The number of hydrogen-bond acceptors (Lipinski definition) is 4. The van der Waals surface area contributed by atoms with E-state index in [1.165, 1.54) is 11.8 Å². The van der Waals surface area contributed by atoms with Crippen molar-refractivity contribution in [3.63, 3.8) is 0 Å². The highest BCUT2D eigenvalue weighted by atomic mass is 32.2. The fraction of sp³-hybridized carbons (Fsp3) is 0.625. The van der Waals surface area contributed by atoms with Crippen LogP contribution in [0.1, 0.15) is 39.7 Å². The lowest BCUT2D eigenvalue weighted by atomic mass is 10.1. The van der Waals surface area contributed by atoms with Gasteiger partial charge in [0.05, 0.1) is 6.61 Å². The van der Waals surface area contributed by atoms with E-state index in [1.54, 1.807) is 23.8 Å². The molecule has 21 heavy (non-hydrogen) atoms. The van der Waals surface area contributed by atoms with Gasteiger partial charge in [-0.15, -0.1) is 11.8 Å². The maximum Gasteiger partial charge on any atom is 0.321 e. The van der Waals surface area contributed by atoms with Crippen molar-refractivity contribution in [1.82, 2.24) is 4.57 Å². The Morgan fingerprint density at radius 3 is 2.52 bits per heavy atom. The molecule has 4 nitrogen and oxygen atoms in total. The maximum atomic E-state index is 11.9. The van der Waals surface area contributed by atoms with Crippen LogP contribution in [0, 0.1) is 6.92 Å². The van der Waals surface area contributed by atoms with E-state index in [0.717, 1.165) is 5.56 Å². The first kappa shape index (κ1) is 19.8. The number of pyridine rings is 1. The number of carbonyl (C=O) groups is 1. The van der Waals surface area contributed by atoms with Crippen LogP contribution < -0.4 is 5.56 Å². The molecule has 1 atom stereocenters. The molecular formula is C16H27NO3S. The van der Waals surface area contributed by atoms with E-state index >= 15 is 0 Å². The minimum absolute atomic E-state index is 0.0349. The summed E-state index contributed by atoms with van der Waals surface area (Å²) in [6.45, 7) is 10.4. The Morgan fingerprint density at radius 1 is 1.43 bits per heavy atom. The van der Waals surface area contributed by atoms with Crippen molar-refractivity contribution in [3.05, 3.63) is 34.2 Å². The van der Waals surface area contributed by atoms with Crippen molar-refractivity contribution < 1.29 is 9.53 Å². The maximum absolute atomic E-state index is 11.9. The third-order valence-corrected chi connectivity index (χ3v) is 4.41. The van der Waals surface area contributed by atoms with Gasteiger partial charge in [-0.05, 0) is 45.1 Å². The smallest absolute Gasteiger partial charge is 0.321 e. The second kappa shape index (κ2) is 9.66. The highest BCUT2D eigenvalue weighted by molar-refractivity contribution is 8.00. The first-order valence-electron chi connectivity index (χ1n) is 7.32. The zero-order valence-corrected chi connectivity index (χ0v) is 14.8. The third kappa shape index (κ3) is 5.96. The van der Waals surface area contributed by atoms with Crippen molar-refractivity contribution in [2.75, 3.05) is 12.9 Å². The lowest BCUT2D eigenvalue weighted by Crippen LogP contribution is -2.35. The van der Waals surface area contributed by atoms with Crippen LogP contribution >= 0.6 is 11.8 Å². The fourth-order valence-corrected chi connectivity index (χ4v) is 2.22. The predicted molar refractivity (Wildman–Crippen MR) is 90.0 cm³/mol. The summed E-state index contributed by atoms with van der Waals surface area (Å²) in [6, 6.07) is 3.49. The fourth-order valence-electron chi connectivity index (χ4n) is 1.70. The minimum atomic E-state index is -0.611. The van der Waals surface area contributed by atoms with Crippen molar-refractivity contribution >= 4 is 17.7 Å². The Bertz CT molecular complexity index is 499. The molecule has 0 saturated heterocycles. The standard InChI is InChI=1S/C14H21NO3S.C2H6/c1-5-18-13(17)14(3,19-4)7-9-15-8-6-11(2)10-12(15)16;1-2/h6,8,10H,5,7,9H2,1-4H3;1-2H3. The monoisotopic (exact) mass is 313 g/mol. The molecule has 0 radical (unpaired) electrons. The lowest BCUT2D eigenvalue weighted by molar-refractivity contribution is -0.145. The molecule has 1 heterocycles. The van der Waals surface area contributed by atoms with Crippen molar-refractivity contribution in [1.29, 1.82) is 0 Å². The molecule has 0 fully saturated rings. The van der Waals surface area contributed by atoms with Crippen LogP contribution in [0.3, 0.4) is 0 Å². The number of carbonyl (C=O) groups excluding carboxylic acids is 1. The van der Waals surface area contributed by atoms with Gasteiger partial charge in [0.25, 0.3) is 5.56 Å². The molecular weight excluding hydrogens is 286 g/mol. The molecule has 0 bridgehead atoms. The van der Waals surface area contributed by atoms with Crippen LogP contribution in [0.5, 0.6) is 0 Å². The Hall–Kier alpha value is -1.23. The Balaban J connectivity index is 0.00000191. The van der Waals surface area contributed by atoms with E-state index in [4.69, 9.17) is 4.74 Å². The number of ether oxygens (including phenoxy) is 1. The zero-order chi connectivity index (χ0) is 16.5. The summed E-state index contributed by atoms with van der Waals surface area (Å²) in [7, 11) is 0. The van der Waals surface area contributed by atoms with Gasteiger partial charge in [-0.3, -0.25) is 9.59 Å². The number of hydrogen-bond donors (Lipinski definition) is 0. The van der Waals surface area contributed by atoms with Gasteiger partial charge in [-0.2, -0.15) is 0 Å². The van der Waals surface area contributed by atoms with Gasteiger partial charge in [0, 0.05) is 18.8 Å². The summed E-state index contributed by atoms with van der Waals surface area (Å²) in [5, 5.41) is 0. The minimum Gasteiger partial charge on any atom is -0.465 e.